The lowest BCUT2D eigenvalue weighted by molar-refractivity contribution is -0.0946. The maximum Gasteiger partial charge on any atom is 0.299 e. The van der Waals surface area contributed by atoms with Crippen LogP contribution in [0.4, 0.5) is 22.7 Å². The van der Waals surface area contributed by atoms with E-state index in [4.69, 9.17) is 19.8 Å². The van der Waals surface area contributed by atoms with Crippen LogP contribution < -0.4 is 21.3 Å². The van der Waals surface area contributed by atoms with Gasteiger partial charge in [-0.1, -0.05) is 36.4 Å². The summed E-state index contributed by atoms with van der Waals surface area (Å²) < 4.78 is 72.6. The van der Waals surface area contributed by atoms with Crippen molar-refractivity contribution in [2.24, 2.45) is 11.8 Å². The number of piperazine rings is 2. The minimum Gasteiger partial charge on any atom is -0.412 e. The second-order valence-electron chi connectivity index (χ2n) is 16.2. The first-order valence-corrected chi connectivity index (χ1v) is 21.5. The zero-order valence-electron chi connectivity index (χ0n) is 29.7. The fraction of sp³-hybridized carbons (Fsp3) is 0.436. The van der Waals surface area contributed by atoms with Gasteiger partial charge in [0.1, 0.15) is 15.5 Å². The van der Waals surface area contributed by atoms with Crippen LogP contribution in [0.25, 0.3) is 10.8 Å². The number of hydrogen-bond acceptors (Lipinski definition) is 12. The maximum atomic E-state index is 14.8. The SMILES string of the molecule is Nc1ccc2c(c1)N1C3CN(CC4CC4)C(C2)C12C1Cc4ccc(N)cc4N2C(CN1CC1CC1)OS(=O)(=O)c1cccc2c(cccc12)S(=O)(=O)O3.O. The highest BCUT2D eigenvalue weighted by Crippen LogP contribution is 2.57. The Morgan fingerprint density at radius 3 is 1.46 bits per heavy atom. The fourth-order valence-electron chi connectivity index (χ4n) is 10.3. The van der Waals surface area contributed by atoms with Crippen molar-refractivity contribution in [1.82, 2.24) is 9.80 Å². The fourth-order valence-corrected chi connectivity index (χ4v) is 12.8. The molecule has 0 aromatic heterocycles. The summed E-state index contributed by atoms with van der Waals surface area (Å²) >= 11 is 0. The molecule has 4 unspecified atom stereocenters. The summed E-state index contributed by atoms with van der Waals surface area (Å²) in [4.78, 5) is 9.05. The molecule has 4 atom stereocenters. The van der Waals surface area contributed by atoms with Gasteiger partial charge in [0.15, 0.2) is 12.5 Å². The lowest BCUT2D eigenvalue weighted by atomic mass is 9.70. The number of nitrogens with two attached hydrogens (primary N) is 2. The molecule has 7 aliphatic rings. The van der Waals surface area contributed by atoms with Gasteiger partial charge < -0.3 is 26.7 Å². The molecule has 2 saturated carbocycles. The Labute approximate surface area is 314 Å². The third-order valence-electron chi connectivity index (χ3n) is 12.8. The van der Waals surface area contributed by atoms with E-state index in [0.717, 1.165) is 61.3 Å². The summed E-state index contributed by atoms with van der Waals surface area (Å²) in [5.74, 6) is 0.967. The monoisotopic (exact) mass is 772 g/mol. The van der Waals surface area contributed by atoms with Gasteiger partial charge in [0, 0.05) is 59.7 Å². The molecule has 4 aromatic carbocycles. The number of benzene rings is 4. The van der Waals surface area contributed by atoms with E-state index in [1.165, 1.54) is 12.1 Å². The van der Waals surface area contributed by atoms with Crippen LogP contribution in [-0.2, 0) is 41.4 Å². The molecule has 2 aliphatic carbocycles. The van der Waals surface area contributed by atoms with Crippen molar-refractivity contribution in [3.63, 3.8) is 0 Å². The molecule has 4 aromatic rings. The van der Waals surface area contributed by atoms with Crippen molar-refractivity contribution in [2.45, 2.75) is 78.5 Å². The first kappa shape index (κ1) is 34.5. The molecule has 4 fully saturated rings. The van der Waals surface area contributed by atoms with E-state index in [0.29, 0.717) is 49.1 Å². The van der Waals surface area contributed by atoms with Crippen molar-refractivity contribution in [3.8, 4) is 0 Å². The zero-order valence-corrected chi connectivity index (χ0v) is 31.3. The Hall–Kier alpha value is -3.96. The Balaban J connectivity index is 0.00000361. The Morgan fingerprint density at radius 1 is 0.630 bits per heavy atom. The predicted octanol–water partition coefficient (Wildman–Crippen LogP) is 3.27. The van der Waals surface area contributed by atoms with Gasteiger partial charge in [0.05, 0.1) is 12.1 Å². The third-order valence-corrected chi connectivity index (χ3v) is 15.5. The van der Waals surface area contributed by atoms with Crippen molar-refractivity contribution in [3.05, 3.63) is 83.9 Å². The molecule has 15 heteroatoms. The van der Waals surface area contributed by atoms with Crippen molar-refractivity contribution in [2.75, 3.05) is 47.4 Å². The number of rotatable bonds is 4. The van der Waals surface area contributed by atoms with E-state index in [-0.39, 0.29) is 38.1 Å². The molecule has 0 amide bonds. The predicted molar refractivity (Wildman–Crippen MR) is 205 cm³/mol. The second kappa shape index (κ2) is 11.8. The molecular formula is C39H44N6O7S2. The largest absolute Gasteiger partial charge is 0.412 e. The molecule has 5 heterocycles. The van der Waals surface area contributed by atoms with Crippen LogP contribution in [0, 0.1) is 11.8 Å². The highest BCUT2D eigenvalue weighted by Gasteiger charge is 2.70. The Bertz CT molecular complexity index is 2270. The summed E-state index contributed by atoms with van der Waals surface area (Å²) in [5, 5.41) is 0.516. The lowest BCUT2D eigenvalue weighted by Crippen LogP contribution is -2.90. The Kier molecular flexibility index (Phi) is 7.53. The van der Waals surface area contributed by atoms with Crippen molar-refractivity contribution >= 4 is 53.8 Å². The number of nitrogen functional groups attached to an aromatic ring is 2. The molecule has 0 radical (unpaired) electrons. The molecule has 1 spiro atoms. The van der Waals surface area contributed by atoms with E-state index in [2.05, 4.69) is 19.6 Å². The van der Waals surface area contributed by atoms with Gasteiger partial charge in [0.2, 0.25) is 0 Å². The summed E-state index contributed by atoms with van der Waals surface area (Å²) in [6.07, 6.45) is 3.77. The van der Waals surface area contributed by atoms with Gasteiger partial charge in [-0.25, -0.2) is 8.37 Å². The molecule has 11 rings (SSSR count). The van der Waals surface area contributed by atoms with Crippen LogP contribution in [0.15, 0.2) is 82.6 Å². The van der Waals surface area contributed by atoms with Gasteiger partial charge in [0.25, 0.3) is 20.2 Å². The lowest BCUT2D eigenvalue weighted by Gasteiger charge is -2.73. The van der Waals surface area contributed by atoms with E-state index in [1.807, 2.05) is 36.4 Å². The molecule has 2 saturated heterocycles. The van der Waals surface area contributed by atoms with E-state index < -0.39 is 38.4 Å². The van der Waals surface area contributed by atoms with Gasteiger partial charge in [-0.15, -0.1) is 0 Å². The maximum absolute atomic E-state index is 14.8. The van der Waals surface area contributed by atoms with Crippen LogP contribution in [0.5, 0.6) is 0 Å². The molecule has 13 nitrogen and oxygen atoms in total. The highest BCUT2D eigenvalue weighted by atomic mass is 32.2. The van der Waals surface area contributed by atoms with E-state index >= 15 is 0 Å². The minimum atomic E-state index is -4.48. The molecule has 54 heavy (non-hydrogen) atoms. The average Bonchev–Trinajstić information content (AvgIpc) is 4.05. The summed E-state index contributed by atoms with van der Waals surface area (Å²) in [6.45, 7) is 2.22. The second-order valence-corrected chi connectivity index (χ2v) is 19.2. The van der Waals surface area contributed by atoms with Crippen LogP contribution in [0.2, 0.25) is 0 Å². The molecular weight excluding hydrogens is 729 g/mol. The average molecular weight is 773 g/mol. The van der Waals surface area contributed by atoms with Gasteiger partial charge in [-0.3, -0.25) is 9.80 Å². The van der Waals surface area contributed by atoms with Crippen LogP contribution in [-0.4, -0.2) is 88.5 Å². The minimum absolute atomic E-state index is 0. The number of fused-ring (bicyclic) bond motifs is 2. The zero-order chi connectivity index (χ0) is 36.0. The quantitative estimate of drug-likeness (QED) is 0.229. The summed E-state index contributed by atoms with van der Waals surface area (Å²) in [7, 11) is -8.95. The van der Waals surface area contributed by atoms with Crippen LogP contribution >= 0.6 is 0 Å². The first-order valence-electron chi connectivity index (χ1n) is 18.7. The van der Waals surface area contributed by atoms with Crippen LogP contribution in [0.3, 0.4) is 0 Å². The molecule has 6 N–H and O–H groups in total. The summed E-state index contributed by atoms with van der Waals surface area (Å²) in [5.41, 5.74) is 16.8. The number of hydrogen-bond donors (Lipinski definition) is 2. The van der Waals surface area contributed by atoms with E-state index in [1.54, 1.807) is 24.3 Å². The molecule has 11 bridgehead atoms. The van der Waals surface area contributed by atoms with Gasteiger partial charge in [-0.05, 0) is 97.9 Å². The number of anilines is 4. The third kappa shape index (κ3) is 4.98. The first-order chi connectivity index (χ1) is 25.5. The van der Waals surface area contributed by atoms with Crippen LogP contribution in [0.1, 0.15) is 36.8 Å². The Morgan fingerprint density at radius 2 is 1.06 bits per heavy atom. The molecule has 5 aliphatic heterocycles. The van der Waals surface area contributed by atoms with Crippen molar-refractivity contribution < 1.29 is 30.7 Å². The van der Waals surface area contributed by atoms with Gasteiger partial charge in [-0.2, -0.15) is 16.8 Å². The highest BCUT2D eigenvalue weighted by molar-refractivity contribution is 7.87. The standard InChI is InChI=1S/C39H42N6O6S2.H2O/c40-27-13-11-25-15-35-39-36-16-26-12-14-28(41)18-32(26)45(39)38(22-43(36)20-24-9-10-24)51-53(48,49)34-6-2-4-30-29(34)3-1-5-33(30)52(46,47)50-37(44(39)31(25)17-27)21-42(35)19-23-7-8-23;/h1-6,11-14,17-18,23-24,35-38H,7-10,15-16,19-22,40-41H2;1H2. The van der Waals surface area contributed by atoms with Crippen molar-refractivity contribution in [1.29, 1.82) is 0 Å². The van der Waals surface area contributed by atoms with Gasteiger partial charge >= 0.3 is 0 Å². The smallest absolute Gasteiger partial charge is 0.299 e. The molecule has 284 valence electrons. The summed E-state index contributed by atoms with van der Waals surface area (Å²) in [6, 6.07) is 20.8. The topological polar surface area (TPSA) is 183 Å². The normalized spacial score (nSPS) is 30.7. The number of nitrogens with zero attached hydrogens (tertiary/aromatic N) is 4. The van der Waals surface area contributed by atoms with E-state index in [9.17, 15) is 16.8 Å².